The smallest absolute Gasteiger partial charge is 0.403 e. The summed E-state index contributed by atoms with van der Waals surface area (Å²) in [5, 5.41) is 0. The first-order valence-electron chi connectivity index (χ1n) is 8.77. The fourth-order valence-electron chi connectivity index (χ4n) is 2.55. The number of hydrogen-bond acceptors (Lipinski definition) is 3. The van der Waals surface area contributed by atoms with Crippen LogP contribution in [-0.2, 0) is 14.0 Å². The molecule has 0 N–H and O–H groups in total. The molecule has 124 valence electrons. The summed E-state index contributed by atoms with van der Waals surface area (Å²) in [4.78, 5) is 0. The molecule has 0 aromatic heterocycles. The Morgan fingerprint density at radius 1 is 0.857 bits per heavy atom. The molecule has 1 aliphatic rings. The van der Waals surface area contributed by atoms with E-state index >= 15 is 0 Å². The SMILES string of the molecule is CCCCOCCC(CCCC)B1OC(C)(C)C(C)(C)O1. The Bertz CT molecular complexity index is 276. The quantitative estimate of drug-likeness (QED) is 0.426. The minimum absolute atomic E-state index is 0.0867. The predicted octanol–water partition coefficient (Wildman–Crippen LogP) is 4.85. The van der Waals surface area contributed by atoms with Crippen LogP contribution in [0.5, 0.6) is 0 Å². The Morgan fingerprint density at radius 2 is 1.43 bits per heavy atom. The zero-order valence-corrected chi connectivity index (χ0v) is 15.0. The van der Waals surface area contributed by atoms with Gasteiger partial charge in [-0.1, -0.05) is 39.5 Å². The van der Waals surface area contributed by atoms with Crippen LogP contribution in [0.2, 0.25) is 5.82 Å². The number of ether oxygens (including phenoxy) is 1. The van der Waals surface area contributed by atoms with Crippen molar-refractivity contribution >= 4 is 7.12 Å². The highest BCUT2D eigenvalue weighted by Gasteiger charge is 2.53. The summed E-state index contributed by atoms with van der Waals surface area (Å²) in [6, 6.07) is 0. The second kappa shape index (κ2) is 8.54. The molecule has 1 aliphatic heterocycles. The molecular formula is C17H35BO3. The maximum atomic E-state index is 6.22. The highest BCUT2D eigenvalue weighted by Crippen LogP contribution is 2.42. The molecule has 0 saturated carbocycles. The van der Waals surface area contributed by atoms with Gasteiger partial charge in [0, 0.05) is 13.2 Å². The molecule has 1 heterocycles. The van der Waals surface area contributed by atoms with Crippen LogP contribution in [0.3, 0.4) is 0 Å². The standard InChI is InChI=1S/C17H35BO3/c1-7-9-11-15(12-14-19-13-10-8-2)18-20-16(3,4)17(5,6)21-18/h15H,7-14H2,1-6H3. The van der Waals surface area contributed by atoms with Crippen molar-refractivity contribution in [1.29, 1.82) is 0 Å². The van der Waals surface area contributed by atoms with Gasteiger partial charge < -0.3 is 14.0 Å². The lowest BCUT2D eigenvalue weighted by atomic mass is 9.67. The van der Waals surface area contributed by atoms with Gasteiger partial charge >= 0.3 is 7.12 Å². The summed E-state index contributed by atoms with van der Waals surface area (Å²) in [6.07, 6.45) is 6.97. The third kappa shape index (κ3) is 5.57. The van der Waals surface area contributed by atoms with Gasteiger partial charge in [0.2, 0.25) is 0 Å². The van der Waals surface area contributed by atoms with E-state index in [1.54, 1.807) is 0 Å². The molecule has 4 heteroatoms. The summed E-state index contributed by atoms with van der Waals surface area (Å²) in [5.74, 6) is 0.438. The Labute approximate surface area is 132 Å². The lowest BCUT2D eigenvalue weighted by Gasteiger charge is -2.32. The van der Waals surface area contributed by atoms with Gasteiger partial charge in [-0.3, -0.25) is 0 Å². The zero-order chi connectivity index (χ0) is 15.9. The van der Waals surface area contributed by atoms with Crippen molar-refractivity contribution in [2.45, 2.75) is 97.1 Å². The van der Waals surface area contributed by atoms with E-state index in [0.717, 1.165) is 32.5 Å². The van der Waals surface area contributed by atoms with Crippen LogP contribution < -0.4 is 0 Å². The summed E-state index contributed by atoms with van der Waals surface area (Å²) in [6.45, 7) is 14.6. The van der Waals surface area contributed by atoms with E-state index in [0.29, 0.717) is 5.82 Å². The molecular weight excluding hydrogens is 263 g/mol. The molecule has 0 amide bonds. The molecule has 1 fully saturated rings. The molecule has 1 atom stereocenters. The number of rotatable bonds is 10. The van der Waals surface area contributed by atoms with Crippen LogP contribution in [0.25, 0.3) is 0 Å². The molecule has 0 bridgehead atoms. The fraction of sp³-hybridized carbons (Fsp3) is 1.00. The van der Waals surface area contributed by atoms with Gasteiger partial charge in [0.05, 0.1) is 11.2 Å². The number of hydrogen-bond donors (Lipinski definition) is 0. The van der Waals surface area contributed by atoms with Crippen LogP contribution in [0.1, 0.15) is 80.1 Å². The first-order chi connectivity index (χ1) is 9.84. The fourth-order valence-corrected chi connectivity index (χ4v) is 2.55. The summed E-state index contributed by atoms with van der Waals surface area (Å²) in [5.41, 5.74) is -0.462. The minimum Gasteiger partial charge on any atom is -0.403 e. The second-order valence-electron chi connectivity index (χ2n) is 7.28. The van der Waals surface area contributed by atoms with Crippen LogP contribution in [0, 0.1) is 0 Å². The van der Waals surface area contributed by atoms with Crippen molar-refractivity contribution in [3.05, 3.63) is 0 Å². The average molecular weight is 298 g/mol. The van der Waals surface area contributed by atoms with Crippen molar-refractivity contribution in [2.24, 2.45) is 0 Å². The van der Waals surface area contributed by atoms with Gasteiger partial charge in [0.15, 0.2) is 0 Å². The average Bonchev–Trinajstić information content (AvgIpc) is 2.61. The van der Waals surface area contributed by atoms with Crippen molar-refractivity contribution < 1.29 is 14.0 Å². The van der Waals surface area contributed by atoms with E-state index < -0.39 is 0 Å². The summed E-state index contributed by atoms with van der Waals surface area (Å²) < 4.78 is 18.2. The highest BCUT2D eigenvalue weighted by atomic mass is 16.7. The molecule has 0 spiro atoms. The van der Waals surface area contributed by atoms with Crippen LogP contribution >= 0.6 is 0 Å². The molecule has 1 rings (SSSR count). The molecule has 0 aliphatic carbocycles. The molecule has 0 aromatic rings. The van der Waals surface area contributed by atoms with Gasteiger partial charge in [-0.2, -0.15) is 0 Å². The summed E-state index contributed by atoms with van der Waals surface area (Å²) in [7, 11) is -0.0867. The topological polar surface area (TPSA) is 27.7 Å². The van der Waals surface area contributed by atoms with Gasteiger partial charge in [-0.25, -0.2) is 0 Å². The van der Waals surface area contributed by atoms with E-state index in [-0.39, 0.29) is 18.3 Å². The van der Waals surface area contributed by atoms with Crippen molar-refractivity contribution in [3.63, 3.8) is 0 Å². The first-order valence-corrected chi connectivity index (χ1v) is 8.77. The van der Waals surface area contributed by atoms with Crippen LogP contribution in [0.15, 0.2) is 0 Å². The van der Waals surface area contributed by atoms with E-state index in [1.807, 2.05) is 0 Å². The van der Waals surface area contributed by atoms with Crippen molar-refractivity contribution in [2.75, 3.05) is 13.2 Å². The van der Waals surface area contributed by atoms with Crippen molar-refractivity contribution in [1.82, 2.24) is 0 Å². The Kier molecular flexibility index (Phi) is 7.73. The molecule has 1 saturated heterocycles. The van der Waals surface area contributed by atoms with Gasteiger partial charge in [-0.05, 0) is 46.4 Å². The molecule has 21 heavy (non-hydrogen) atoms. The Morgan fingerprint density at radius 3 is 1.95 bits per heavy atom. The van der Waals surface area contributed by atoms with E-state index in [4.69, 9.17) is 14.0 Å². The largest absolute Gasteiger partial charge is 0.461 e. The first kappa shape index (κ1) is 19.0. The normalized spacial score (nSPS) is 21.7. The van der Waals surface area contributed by atoms with Gasteiger partial charge in [0.1, 0.15) is 0 Å². The van der Waals surface area contributed by atoms with Crippen LogP contribution in [-0.4, -0.2) is 31.5 Å². The third-order valence-corrected chi connectivity index (χ3v) is 4.86. The lowest BCUT2D eigenvalue weighted by Crippen LogP contribution is -2.41. The Balaban J connectivity index is 2.50. The molecule has 0 radical (unpaired) electrons. The Hall–Kier alpha value is -0.0551. The van der Waals surface area contributed by atoms with Crippen molar-refractivity contribution in [3.8, 4) is 0 Å². The lowest BCUT2D eigenvalue weighted by molar-refractivity contribution is 0.00578. The highest BCUT2D eigenvalue weighted by molar-refractivity contribution is 6.47. The number of unbranched alkanes of at least 4 members (excludes halogenated alkanes) is 2. The van der Waals surface area contributed by atoms with E-state index in [1.165, 1.54) is 19.3 Å². The monoisotopic (exact) mass is 298 g/mol. The second-order valence-corrected chi connectivity index (χ2v) is 7.28. The predicted molar refractivity (Wildman–Crippen MR) is 89.7 cm³/mol. The molecule has 3 nitrogen and oxygen atoms in total. The summed E-state index contributed by atoms with van der Waals surface area (Å²) >= 11 is 0. The zero-order valence-electron chi connectivity index (χ0n) is 15.0. The maximum absolute atomic E-state index is 6.22. The van der Waals surface area contributed by atoms with E-state index in [9.17, 15) is 0 Å². The third-order valence-electron chi connectivity index (χ3n) is 4.86. The van der Waals surface area contributed by atoms with Crippen LogP contribution in [0.4, 0.5) is 0 Å². The van der Waals surface area contributed by atoms with Gasteiger partial charge in [-0.15, -0.1) is 0 Å². The maximum Gasteiger partial charge on any atom is 0.461 e. The molecule has 1 unspecified atom stereocenters. The van der Waals surface area contributed by atoms with Gasteiger partial charge in [0.25, 0.3) is 0 Å². The molecule has 0 aromatic carbocycles. The van der Waals surface area contributed by atoms with E-state index in [2.05, 4.69) is 41.5 Å². The minimum atomic E-state index is -0.231.